The Morgan fingerprint density at radius 3 is 1.90 bits per heavy atom. The Bertz CT molecular complexity index is 1690. The molecule has 0 unspecified atom stereocenters. The van der Waals surface area contributed by atoms with Crippen molar-refractivity contribution >= 4 is 32.7 Å². The molecule has 40 heavy (non-hydrogen) atoms. The van der Waals surface area contributed by atoms with Gasteiger partial charge in [-0.25, -0.2) is 18.2 Å². The van der Waals surface area contributed by atoms with Crippen molar-refractivity contribution in [1.82, 2.24) is 9.55 Å². The van der Waals surface area contributed by atoms with Crippen LogP contribution in [0.3, 0.4) is 0 Å². The van der Waals surface area contributed by atoms with E-state index >= 15 is 0 Å². The number of benzene rings is 4. The number of hydrogen-bond donors (Lipinski definition) is 2. The third-order valence-corrected chi connectivity index (χ3v) is 6.96. The van der Waals surface area contributed by atoms with Gasteiger partial charge in [0.25, 0.3) is 0 Å². The summed E-state index contributed by atoms with van der Waals surface area (Å²) in [5.74, 6) is -1.98. The average Bonchev–Trinajstić information content (AvgIpc) is 3.28. The first-order valence-electron chi connectivity index (χ1n) is 12.0. The van der Waals surface area contributed by atoms with Crippen LogP contribution in [0.2, 0.25) is 0 Å². The van der Waals surface area contributed by atoms with Crippen LogP contribution >= 0.6 is 0 Å². The van der Waals surface area contributed by atoms with E-state index in [4.69, 9.17) is 14.9 Å². The van der Waals surface area contributed by atoms with Gasteiger partial charge in [-0.15, -0.1) is 0 Å². The number of fused-ring (bicyclic) bond motifs is 1. The molecule has 0 amide bonds. The highest BCUT2D eigenvalue weighted by atomic mass is 32.2. The number of nitrogens with one attached hydrogen (secondary N) is 1. The van der Waals surface area contributed by atoms with Crippen LogP contribution in [0.25, 0.3) is 22.4 Å². The van der Waals surface area contributed by atoms with Crippen molar-refractivity contribution in [2.24, 2.45) is 0 Å². The van der Waals surface area contributed by atoms with Gasteiger partial charge in [-0.05, 0) is 47.5 Å². The molecule has 0 bridgehead atoms. The quantitative estimate of drug-likeness (QED) is 0.240. The van der Waals surface area contributed by atoms with Crippen LogP contribution < -0.4 is 4.72 Å². The Morgan fingerprint density at radius 2 is 1.32 bits per heavy atom. The van der Waals surface area contributed by atoms with Gasteiger partial charge in [-0.2, -0.15) is 13.2 Å². The van der Waals surface area contributed by atoms with E-state index in [9.17, 15) is 21.6 Å². The van der Waals surface area contributed by atoms with Crippen LogP contribution in [-0.2, 0) is 27.1 Å². The van der Waals surface area contributed by atoms with E-state index in [2.05, 4.69) is 27.5 Å². The summed E-state index contributed by atoms with van der Waals surface area (Å²) in [7, 11) is -3.51. The number of nitrogens with zero attached hydrogens (tertiary/aromatic N) is 2. The Balaban J connectivity index is 0.000000470. The molecule has 0 saturated heterocycles. The largest absolute Gasteiger partial charge is 0.490 e. The highest BCUT2D eigenvalue weighted by molar-refractivity contribution is 7.91. The number of para-hydroxylation sites is 2. The SMILES string of the molecule is O=C(O)C(F)(F)F.O=S(=O)(Cc1ccccc1)Nc1ccc(-c2nc3ccccc3n2Cc2ccccc2)cc1. The molecule has 5 aromatic rings. The summed E-state index contributed by atoms with van der Waals surface area (Å²) in [5, 5.41) is 7.12. The van der Waals surface area contributed by atoms with Gasteiger partial charge in [-0.3, -0.25) is 4.72 Å². The lowest BCUT2D eigenvalue weighted by Crippen LogP contribution is -2.21. The number of anilines is 1. The van der Waals surface area contributed by atoms with Crippen LogP contribution in [0, 0.1) is 0 Å². The Labute approximate surface area is 228 Å². The number of imidazole rings is 1. The van der Waals surface area contributed by atoms with Crippen molar-refractivity contribution in [2.75, 3.05) is 4.72 Å². The maximum absolute atomic E-state index is 12.6. The molecule has 4 aromatic carbocycles. The zero-order chi connectivity index (χ0) is 28.8. The van der Waals surface area contributed by atoms with Gasteiger partial charge in [0.1, 0.15) is 5.82 Å². The molecule has 11 heteroatoms. The standard InChI is InChI=1S/C27H23N3O2S.C2HF3O2/c31-33(32,20-22-11-5-2-6-12-22)29-24-17-15-23(16-18-24)27-28-25-13-7-8-14-26(25)30(27)19-21-9-3-1-4-10-21;3-2(4,5)1(6)7/h1-18,29H,19-20H2;(H,6,7). The third kappa shape index (κ3) is 7.48. The van der Waals surface area contributed by atoms with Crippen LogP contribution in [0.15, 0.2) is 109 Å². The zero-order valence-corrected chi connectivity index (χ0v) is 21.7. The van der Waals surface area contributed by atoms with Crippen molar-refractivity contribution in [3.05, 3.63) is 120 Å². The van der Waals surface area contributed by atoms with Crippen molar-refractivity contribution in [1.29, 1.82) is 0 Å². The van der Waals surface area contributed by atoms with E-state index in [1.54, 1.807) is 24.3 Å². The highest BCUT2D eigenvalue weighted by Crippen LogP contribution is 2.27. The summed E-state index contributed by atoms with van der Waals surface area (Å²) in [6.45, 7) is 0.697. The summed E-state index contributed by atoms with van der Waals surface area (Å²) >= 11 is 0. The first-order chi connectivity index (χ1) is 19.0. The van der Waals surface area contributed by atoms with Crippen molar-refractivity contribution < 1.29 is 31.5 Å². The van der Waals surface area contributed by atoms with E-state index < -0.39 is 22.2 Å². The molecule has 0 aliphatic rings. The van der Waals surface area contributed by atoms with E-state index in [0.29, 0.717) is 12.2 Å². The van der Waals surface area contributed by atoms with E-state index in [-0.39, 0.29) is 5.75 Å². The van der Waals surface area contributed by atoms with E-state index in [1.807, 2.05) is 66.7 Å². The molecule has 7 nitrogen and oxygen atoms in total. The molecule has 1 heterocycles. The van der Waals surface area contributed by atoms with E-state index in [1.165, 1.54) is 5.56 Å². The summed E-state index contributed by atoms with van der Waals surface area (Å²) in [5.41, 5.74) is 5.37. The number of carboxylic acid groups (broad SMARTS) is 1. The monoisotopic (exact) mass is 567 g/mol. The fraction of sp³-hybridized carbons (Fsp3) is 0.103. The number of aliphatic carboxylic acids is 1. The molecule has 2 N–H and O–H groups in total. The molecular weight excluding hydrogens is 543 g/mol. The maximum Gasteiger partial charge on any atom is 0.490 e. The van der Waals surface area contributed by atoms with Crippen molar-refractivity contribution in [3.8, 4) is 11.4 Å². The predicted molar refractivity (Wildman–Crippen MR) is 147 cm³/mol. The number of sulfonamides is 1. The number of halogens is 3. The number of hydrogen-bond acceptors (Lipinski definition) is 4. The van der Waals surface area contributed by atoms with Gasteiger partial charge in [-0.1, -0.05) is 72.8 Å². The molecule has 0 saturated carbocycles. The zero-order valence-electron chi connectivity index (χ0n) is 20.9. The minimum absolute atomic E-state index is 0.0670. The number of carbonyl (C=O) groups is 1. The second-order valence-corrected chi connectivity index (χ2v) is 10.4. The van der Waals surface area contributed by atoms with Gasteiger partial charge in [0, 0.05) is 17.8 Å². The first kappa shape index (κ1) is 28.4. The van der Waals surface area contributed by atoms with Gasteiger partial charge in [0.15, 0.2) is 0 Å². The molecule has 0 fully saturated rings. The lowest BCUT2D eigenvalue weighted by atomic mass is 10.2. The molecule has 0 aliphatic heterocycles. The van der Waals surface area contributed by atoms with Crippen LogP contribution in [-0.4, -0.2) is 35.2 Å². The van der Waals surface area contributed by atoms with Gasteiger partial charge in [0.2, 0.25) is 10.0 Å². The Hall–Kier alpha value is -4.64. The molecular formula is C29H24F3N3O4S. The van der Waals surface area contributed by atoms with Crippen LogP contribution in [0.4, 0.5) is 18.9 Å². The Morgan fingerprint density at radius 1 is 0.800 bits per heavy atom. The summed E-state index contributed by atoms with van der Waals surface area (Å²) < 4.78 is 61.7. The fourth-order valence-electron chi connectivity index (χ4n) is 3.92. The molecule has 206 valence electrons. The second kappa shape index (κ2) is 12.0. The number of aromatic nitrogens is 2. The molecule has 0 aliphatic carbocycles. The van der Waals surface area contributed by atoms with Gasteiger partial charge in [0.05, 0.1) is 16.8 Å². The third-order valence-electron chi connectivity index (χ3n) is 5.70. The van der Waals surface area contributed by atoms with Crippen molar-refractivity contribution in [2.45, 2.75) is 18.5 Å². The van der Waals surface area contributed by atoms with Gasteiger partial charge < -0.3 is 9.67 Å². The smallest absolute Gasteiger partial charge is 0.475 e. The molecule has 1 aromatic heterocycles. The maximum atomic E-state index is 12.6. The molecule has 5 rings (SSSR count). The number of carboxylic acids is 1. The van der Waals surface area contributed by atoms with Crippen LogP contribution in [0.5, 0.6) is 0 Å². The average molecular weight is 568 g/mol. The summed E-state index contributed by atoms with van der Waals surface area (Å²) in [6, 6.07) is 34.9. The highest BCUT2D eigenvalue weighted by Gasteiger charge is 2.38. The minimum Gasteiger partial charge on any atom is -0.475 e. The van der Waals surface area contributed by atoms with E-state index in [0.717, 1.165) is 28.0 Å². The van der Waals surface area contributed by atoms with Crippen molar-refractivity contribution in [3.63, 3.8) is 0 Å². The first-order valence-corrected chi connectivity index (χ1v) is 13.6. The lowest BCUT2D eigenvalue weighted by molar-refractivity contribution is -0.192. The van der Waals surface area contributed by atoms with Gasteiger partial charge >= 0.3 is 12.1 Å². The number of rotatable bonds is 7. The normalized spacial score (nSPS) is 11.5. The Kier molecular flexibility index (Phi) is 8.54. The topological polar surface area (TPSA) is 101 Å². The fourth-order valence-corrected chi connectivity index (χ4v) is 5.12. The predicted octanol–water partition coefficient (Wildman–Crippen LogP) is 6.33. The number of alkyl halides is 3. The minimum atomic E-state index is -5.08. The molecule has 0 atom stereocenters. The molecule has 0 radical (unpaired) electrons. The summed E-state index contributed by atoms with van der Waals surface area (Å²) in [6.07, 6.45) is -5.08. The van der Waals surface area contributed by atoms with Crippen LogP contribution in [0.1, 0.15) is 11.1 Å². The lowest BCUT2D eigenvalue weighted by Gasteiger charge is -2.11. The summed E-state index contributed by atoms with van der Waals surface area (Å²) in [4.78, 5) is 13.8. The molecule has 0 spiro atoms. The second-order valence-electron chi connectivity index (χ2n) is 8.72.